The van der Waals surface area contributed by atoms with E-state index in [2.05, 4.69) is 0 Å². The van der Waals surface area contributed by atoms with Crippen LogP contribution in [0.1, 0.15) is 5.56 Å². The molecule has 0 aliphatic rings. The number of carbonyl (C=O) groups is 1. The zero-order valence-corrected chi connectivity index (χ0v) is 9.18. The van der Waals surface area contributed by atoms with Crippen molar-refractivity contribution in [3.63, 3.8) is 0 Å². The molecule has 0 radical (unpaired) electrons. The number of aliphatic carboxylic acids is 1. The molecule has 0 amide bonds. The van der Waals surface area contributed by atoms with Crippen LogP contribution in [0.15, 0.2) is 24.5 Å². The molecule has 1 aromatic heterocycles. The van der Waals surface area contributed by atoms with Gasteiger partial charge in [-0.05, 0) is 12.0 Å². The molecule has 0 unspecified atom stereocenters. The maximum atomic E-state index is 10.4. The Morgan fingerprint density at radius 1 is 1.38 bits per heavy atom. The number of aryl methyl sites for hydroxylation is 1. The van der Waals surface area contributed by atoms with E-state index in [-0.39, 0.29) is 13.0 Å². The molecule has 6 nitrogen and oxygen atoms in total. The molecule has 0 spiro atoms. The Hall–Kier alpha value is -1.47. The molecular formula is C9H11NO5S. The Kier molecular flexibility index (Phi) is 3.97. The second-order valence-corrected chi connectivity index (χ2v) is 4.81. The zero-order valence-electron chi connectivity index (χ0n) is 8.37. The molecule has 1 aromatic rings. The van der Waals surface area contributed by atoms with E-state index in [1.165, 1.54) is 17.0 Å². The molecule has 0 saturated heterocycles. The average Bonchev–Trinajstić information content (AvgIpc) is 2.14. The van der Waals surface area contributed by atoms with Crippen molar-refractivity contribution < 1.29 is 27.4 Å². The van der Waals surface area contributed by atoms with Crippen LogP contribution in [0.5, 0.6) is 0 Å². The summed E-state index contributed by atoms with van der Waals surface area (Å²) in [6.07, 6.45) is 3.20. The molecule has 88 valence electrons. The molecule has 16 heavy (non-hydrogen) atoms. The molecule has 1 heterocycles. The van der Waals surface area contributed by atoms with Gasteiger partial charge in [-0.1, -0.05) is 0 Å². The lowest BCUT2D eigenvalue weighted by molar-refractivity contribution is -0.685. The third-order valence-corrected chi connectivity index (χ3v) is 2.62. The lowest BCUT2D eigenvalue weighted by atomic mass is 10.2. The average molecular weight is 245 g/mol. The highest BCUT2D eigenvalue weighted by molar-refractivity contribution is 7.85. The van der Waals surface area contributed by atoms with Gasteiger partial charge in [0.05, 0.1) is 10.1 Å². The molecule has 0 saturated carbocycles. The second-order valence-electron chi connectivity index (χ2n) is 3.28. The van der Waals surface area contributed by atoms with Gasteiger partial charge >= 0.3 is 5.97 Å². The van der Waals surface area contributed by atoms with Gasteiger partial charge in [-0.2, -0.15) is 4.57 Å². The predicted molar refractivity (Wildman–Crippen MR) is 52.5 cm³/mol. The maximum Gasteiger partial charge on any atom is 0.370 e. The maximum absolute atomic E-state index is 10.4. The summed E-state index contributed by atoms with van der Waals surface area (Å²) < 4.78 is 32.6. The van der Waals surface area contributed by atoms with Crippen LogP contribution in [0.25, 0.3) is 0 Å². The fraction of sp³-hybridized carbons (Fsp3) is 0.333. The van der Waals surface area contributed by atoms with Crippen LogP contribution in [0.3, 0.4) is 0 Å². The highest BCUT2D eigenvalue weighted by Gasteiger charge is 2.06. The SMILES string of the molecule is O=C(O)C[n+]1ccc(CCS(=O)(=O)[O-])cc1. The number of carboxylic acids is 1. The minimum Gasteiger partial charge on any atom is -0.748 e. The number of nitrogens with zero attached hydrogens (tertiary/aromatic N) is 1. The van der Waals surface area contributed by atoms with Gasteiger partial charge in [-0.3, -0.25) is 0 Å². The highest BCUT2D eigenvalue weighted by Crippen LogP contribution is 1.98. The number of hydrogen-bond donors (Lipinski definition) is 1. The Balaban J connectivity index is 2.61. The van der Waals surface area contributed by atoms with E-state index in [9.17, 15) is 17.8 Å². The van der Waals surface area contributed by atoms with E-state index in [0.29, 0.717) is 5.56 Å². The van der Waals surface area contributed by atoms with Crippen molar-refractivity contribution in [2.24, 2.45) is 0 Å². The summed E-state index contributed by atoms with van der Waals surface area (Å²) in [4.78, 5) is 10.4. The van der Waals surface area contributed by atoms with Crippen LogP contribution < -0.4 is 4.57 Å². The standard InChI is InChI=1S/C9H11NO5S/c11-9(12)7-10-4-1-8(2-5-10)3-6-16(13,14)15/h1-2,4-5H,3,6-7H2,(H-,11,12,13,14,15). The molecular weight excluding hydrogens is 234 g/mol. The summed E-state index contributed by atoms with van der Waals surface area (Å²) in [5.74, 6) is -1.41. The minimum atomic E-state index is -4.20. The van der Waals surface area contributed by atoms with Crippen molar-refractivity contribution in [2.45, 2.75) is 13.0 Å². The van der Waals surface area contributed by atoms with Crippen molar-refractivity contribution in [3.8, 4) is 0 Å². The Bertz CT molecular complexity index is 465. The van der Waals surface area contributed by atoms with E-state index < -0.39 is 21.8 Å². The molecule has 0 bridgehead atoms. The topological polar surface area (TPSA) is 98.4 Å². The number of pyridine rings is 1. The van der Waals surface area contributed by atoms with Crippen LogP contribution in [0, 0.1) is 0 Å². The summed E-state index contributed by atoms with van der Waals surface area (Å²) in [7, 11) is -4.20. The number of carboxylic acid groups (broad SMARTS) is 1. The number of aromatic nitrogens is 1. The third-order valence-electron chi connectivity index (χ3n) is 1.92. The van der Waals surface area contributed by atoms with Crippen LogP contribution >= 0.6 is 0 Å². The Morgan fingerprint density at radius 2 is 1.94 bits per heavy atom. The lowest BCUT2D eigenvalue weighted by Gasteiger charge is -2.05. The lowest BCUT2D eigenvalue weighted by Crippen LogP contribution is -2.37. The van der Waals surface area contributed by atoms with Gasteiger partial charge in [0.25, 0.3) is 0 Å². The quantitative estimate of drug-likeness (QED) is 0.538. The monoisotopic (exact) mass is 245 g/mol. The van der Waals surface area contributed by atoms with Crippen LogP contribution in [-0.4, -0.2) is 29.8 Å². The fourth-order valence-electron chi connectivity index (χ4n) is 1.16. The number of rotatable bonds is 5. The van der Waals surface area contributed by atoms with Gasteiger partial charge in [-0.15, -0.1) is 0 Å². The van der Waals surface area contributed by atoms with E-state index in [4.69, 9.17) is 5.11 Å². The molecule has 0 aromatic carbocycles. The van der Waals surface area contributed by atoms with Crippen molar-refractivity contribution in [2.75, 3.05) is 5.75 Å². The second kappa shape index (κ2) is 5.04. The minimum absolute atomic E-state index is 0.139. The van der Waals surface area contributed by atoms with Crippen LogP contribution in [0.4, 0.5) is 0 Å². The van der Waals surface area contributed by atoms with Gasteiger partial charge in [0.2, 0.25) is 6.54 Å². The smallest absolute Gasteiger partial charge is 0.370 e. The third kappa shape index (κ3) is 4.85. The highest BCUT2D eigenvalue weighted by atomic mass is 32.2. The van der Waals surface area contributed by atoms with Gasteiger partial charge in [-0.25, -0.2) is 13.2 Å². The molecule has 0 aliphatic carbocycles. The molecule has 1 rings (SSSR count). The van der Waals surface area contributed by atoms with Crippen molar-refractivity contribution in [1.29, 1.82) is 0 Å². The zero-order chi connectivity index (χ0) is 12.2. The number of hydrogen-bond acceptors (Lipinski definition) is 4. The Morgan fingerprint density at radius 3 is 2.38 bits per heavy atom. The molecule has 1 N–H and O–H groups in total. The van der Waals surface area contributed by atoms with Gasteiger partial charge in [0.1, 0.15) is 0 Å². The van der Waals surface area contributed by atoms with E-state index >= 15 is 0 Å². The van der Waals surface area contributed by atoms with Crippen molar-refractivity contribution >= 4 is 16.1 Å². The summed E-state index contributed by atoms with van der Waals surface area (Å²) in [5, 5.41) is 8.50. The van der Waals surface area contributed by atoms with Gasteiger partial charge in [0, 0.05) is 17.9 Å². The largest absolute Gasteiger partial charge is 0.748 e. The van der Waals surface area contributed by atoms with Gasteiger partial charge < -0.3 is 9.66 Å². The summed E-state index contributed by atoms with van der Waals surface area (Å²) in [6.45, 7) is -0.153. The van der Waals surface area contributed by atoms with Crippen molar-refractivity contribution in [1.82, 2.24) is 0 Å². The molecule has 0 atom stereocenters. The molecule has 7 heteroatoms. The summed E-state index contributed by atoms with van der Waals surface area (Å²) in [6, 6.07) is 3.18. The fourth-order valence-corrected chi connectivity index (χ4v) is 1.65. The first-order chi connectivity index (χ1) is 7.37. The Labute approximate surface area is 92.9 Å². The van der Waals surface area contributed by atoms with Crippen molar-refractivity contribution in [3.05, 3.63) is 30.1 Å². The van der Waals surface area contributed by atoms with E-state index in [0.717, 1.165) is 0 Å². The first-order valence-electron chi connectivity index (χ1n) is 4.50. The van der Waals surface area contributed by atoms with Crippen LogP contribution in [-0.2, 0) is 27.9 Å². The first kappa shape index (κ1) is 12.6. The normalized spacial score (nSPS) is 11.3. The van der Waals surface area contributed by atoms with E-state index in [1.807, 2.05) is 0 Å². The molecule has 0 aliphatic heterocycles. The first-order valence-corrected chi connectivity index (χ1v) is 6.08. The predicted octanol–water partition coefficient (Wildman–Crippen LogP) is -0.854. The van der Waals surface area contributed by atoms with E-state index in [1.54, 1.807) is 12.1 Å². The van der Waals surface area contributed by atoms with Gasteiger partial charge in [0.15, 0.2) is 12.4 Å². The summed E-state index contributed by atoms with van der Waals surface area (Å²) >= 11 is 0. The molecule has 0 fully saturated rings. The summed E-state index contributed by atoms with van der Waals surface area (Å²) in [5.41, 5.74) is 0.682. The van der Waals surface area contributed by atoms with Crippen LogP contribution in [0.2, 0.25) is 0 Å².